The van der Waals surface area contributed by atoms with Crippen LogP contribution in [0.4, 0.5) is 0 Å². The Morgan fingerprint density at radius 3 is 2.63 bits per heavy atom. The average molecular weight is 266 g/mol. The molecule has 1 fully saturated rings. The van der Waals surface area contributed by atoms with Crippen LogP contribution in [-0.2, 0) is 10.2 Å². The number of hydrogen-bond donors (Lipinski definition) is 1. The summed E-state index contributed by atoms with van der Waals surface area (Å²) in [7, 11) is 0. The van der Waals surface area contributed by atoms with Gasteiger partial charge >= 0.3 is 0 Å². The van der Waals surface area contributed by atoms with Gasteiger partial charge in [0.25, 0.3) is 0 Å². The molecule has 4 heteroatoms. The Bertz CT molecular complexity index is 403. The van der Waals surface area contributed by atoms with Crippen molar-refractivity contribution in [1.29, 1.82) is 0 Å². The monoisotopic (exact) mass is 266 g/mol. The summed E-state index contributed by atoms with van der Waals surface area (Å²) in [6, 6.07) is 0.429. The van der Waals surface area contributed by atoms with Crippen molar-refractivity contribution < 1.29 is 9.15 Å². The Hall–Kier alpha value is -0.870. The highest BCUT2D eigenvalue weighted by Gasteiger charge is 2.26. The molecule has 4 nitrogen and oxygen atoms in total. The molecule has 2 heterocycles. The third kappa shape index (κ3) is 3.57. The summed E-state index contributed by atoms with van der Waals surface area (Å²) in [6.07, 6.45) is 4.46. The summed E-state index contributed by atoms with van der Waals surface area (Å²) < 4.78 is 11.6. The molecule has 3 atom stereocenters. The van der Waals surface area contributed by atoms with E-state index in [1.165, 1.54) is 0 Å². The molecule has 1 aromatic rings. The Balaban J connectivity index is 1.95. The molecule has 1 aliphatic heterocycles. The zero-order chi connectivity index (χ0) is 14.0. The first-order valence-electron chi connectivity index (χ1n) is 7.22. The molecule has 0 radical (unpaired) electrons. The molecule has 0 amide bonds. The van der Waals surface area contributed by atoms with Gasteiger partial charge in [0.2, 0.25) is 5.89 Å². The number of aromatic nitrogens is 1. The average Bonchev–Trinajstić information content (AvgIpc) is 3.00. The van der Waals surface area contributed by atoms with Crippen LogP contribution in [0.2, 0.25) is 0 Å². The third-order valence-electron chi connectivity index (χ3n) is 3.67. The van der Waals surface area contributed by atoms with Crippen molar-refractivity contribution in [3.05, 3.63) is 17.8 Å². The molecule has 1 saturated heterocycles. The highest BCUT2D eigenvalue weighted by molar-refractivity contribution is 5.07. The molecular weight excluding hydrogens is 240 g/mol. The minimum Gasteiger partial charge on any atom is -0.443 e. The molecule has 0 aromatic carbocycles. The fraction of sp³-hybridized carbons (Fsp3) is 0.800. The van der Waals surface area contributed by atoms with E-state index in [9.17, 15) is 0 Å². The van der Waals surface area contributed by atoms with Gasteiger partial charge in [-0.3, -0.25) is 0 Å². The predicted octanol–water partition coefficient (Wildman–Crippen LogP) is 3.19. The van der Waals surface area contributed by atoms with Crippen molar-refractivity contribution in [3.63, 3.8) is 0 Å². The predicted molar refractivity (Wildman–Crippen MR) is 75.2 cm³/mol. The third-order valence-corrected chi connectivity index (χ3v) is 3.67. The molecule has 2 rings (SSSR count). The second kappa shape index (κ2) is 5.63. The van der Waals surface area contributed by atoms with Gasteiger partial charge in [-0.1, -0.05) is 20.8 Å². The topological polar surface area (TPSA) is 47.3 Å². The van der Waals surface area contributed by atoms with Gasteiger partial charge in [0.15, 0.2) is 0 Å². The van der Waals surface area contributed by atoms with Crippen LogP contribution in [0.25, 0.3) is 0 Å². The summed E-state index contributed by atoms with van der Waals surface area (Å²) in [6.45, 7) is 11.5. The van der Waals surface area contributed by atoms with E-state index in [1.807, 2.05) is 6.20 Å². The van der Waals surface area contributed by atoms with E-state index >= 15 is 0 Å². The number of ether oxygens (including phenoxy) is 1. The van der Waals surface area contributed by atoms with Crippen LogP contribution < -0.4 is 5.32 Å². The van der Waals surface area contributed by atoms with Crippen LogP contribution in [0.15, 0.2) is 10.6 Å². The Labute approximate surface area is 115 Å². The largest absolute Gasteiger partial charge is 0.443 e. The maximum atomic E-state index is 5.86. The molecular formula is C15H26N2O2. The quantitative estimate of drug-likeness (QED) is 0.909. The van der Waals surface area contributed by atoms with Gasteiger partial charge in [-0.25, -0.2) is 4.98 Å². The first kappa shape index (κ1) is 14.5. The summed E-state index contributed by atoms with van der Waals surface area (Å²) in [5.74, 6) is 1.69. The van der Waals surface area contributed by atoms with Gasteiger partial charge in [-0.15, -0.1) is 0 Å². The van der Waals surface area contributed by atoms with Gasteiger partial charge in [-0.05, 0) is 26.7 Å². The van der Waals surface area contributed by atoms with E-state index in [-0.39, 0.29) is 11.5 Å². The van der Waals surface area contributed by atoms with Crippen LogP contribution in [0, 0.1) is 0 Å². The zero-order valence-electron chi connectivity index (χ0n) is 12.7. The second-order valence-electron chi connectivity index (χ2n) is 6.54. The van der Waals surface area contributed by atoms with Crippen molar-refractivity contribution in [2.24, 2.45) is 0 Å². The number of nitrogens with zero attached hydrogens (tertiary/aromatic N) is 1. The Kier molecular flexibility index (Phi) is 4.31. The molecule has 0 saturated carbocycles. The smallest absolute Gasteiger partial charge is 0.211 e. The molecule has 3 unspecified atom stereocenters. The van der Waals surface area contributed by atoms with E-state index in [0.717, 1.165) is 31.1 Å². The number of nitrogens with one attached hydrogen (secondary N) is 1. The van der Waals surface area contributed by atoms with Crippen molar-refractivity contribution in [2.45, 2.75) is 71.1 Å². The van der Waals surface area contributed by atoms with Gasteiger partial charge in [0.1, 0.15) is 5.76 Å². The highest BCUT2D eigenvalue weighted by atomic mass is 16.5. The van der Waals surface area contributed by atoms with Gasteiger partial charge < -0.3 is 14.5 Å². The van der Waals surface area contributed by atoms with Gasteiger partial charge in [-0.2, -0.15) is 0 Å². The van der Waals surface area contributed by atoms with Crippen LogP contribution in [0.3, 0.4) is 0 Å². The SMILES string of the molecule is CC(NC(C)C1CCCO1)c1ncc(C(C)(C)C)o1. The molecule has 0 bridgehead atoms. The van der Waals surface area contributed by atoms with Crippen molar-refractivity contribution in [3.8, 4) is 0 Å². The van der Waals surface area contributed by atoms with Crippen LogP contribution in [-0.4, -0.2) is 23.7 Å². The number of oxazole rings is 1. The van der Waals surface area contributed by atoms with E-state index < -0.39 is 0 Å². The Morgan fingerprint density at radius 1 is 1.37 bits per heavy atom. The normalized spacial score (nSPS) is 23.5. The van der Waals surface area contributed by atoms with Gasteiger partial charge in [0.05, 0.1) is 18.3 Å². The lowest BCUT2D eigenvalue weighted by Gasteiger charge is -2.23. The van der Waals surface area contributed by atoms with E-state index in [0.29, 0.717) is 12.1 Å². The van der Waals surface area contributed by atoms with Crippen LogP contribution in [0.1, 0.15) is 65.2 Å². The zero-order valence-corrected chi connectivity index (χ0v) is 12.7. The van der Waals surface area contributed by atoms with E-state index in [1.54, 1.807) is 0 Å². The number of hydrogen-bond acceptors (Lipinski definition) is 4. The number of rotatable bonds is 4. The molecule has 108 valence electrons. The fourth-order valence-electron chi connectivity index (χ4n) is 2.40. The molecule has 19 heavy (non-hydrogen) atoms. The minimum absolute atomic E-state index is 0.00511. The van der Waals surface area contributed by atoms with Crippen molar-refractivity contribution in [1.82, 2.24) is 10.3 Å². The van der Waals surface area contributed by atoms with E-state index in [4.69, 9.17) is 9.15 Å². The highest BCUT2D eigenvalue weighted by Crippen LogP contribution is 2.25. The minimum atomic E-state index is 0.00511. The standard InChI is InChI=1S/C15H26N2O2/c1-10(12-7-6-8-18-12)17-11(2)14-16-9-13(19-14)15(3,4)5/h9-12,17H,6-8H2,1-5H3. The second-order valence-corrected chi connectivity index (χ2v) is 6.54. The first-order chi connectivity index (χ1) is 8.88. The van der Waals surface area contributed by atoms with Crippen molar-refractivity contribution in [2.75, 3.05) is 6.61 Å². The maximum Gasteiger partial charge on any atom is 0.211 e. The Morgan fingerprint density at radius 2 is 2.11 bits per heavy atom. The summed E-state index contributed by atoms with van der Waals surface area (Å²) in [5.41, 5.74) is 0.00511. The molecule has 1 aromatic heterocycles. The molecule has 1 N–H and O–H groups in total. The molecule has 0 aliphatic carbocycles. The lowest BCUT2D eigenvalue weighted by Crippen LogP contribution is -2.38. The summed E-state index contributed by atoms with van der Waals surface area (Å²) in [5, 5.41) is 3.52. The van der Waals surface area contributed by atoms with Crippen LogP contribution >= 0.6 is 0 Å². The van der Waals surface area contributed by atoms with E-state index in [2.05, 4.69) is 44.9 Å². The molecule has 0 spiro atoms. The molecule has 1 aliphatic rings. The summed E-state index contributed by atoms with van der Waals surface area (Å²) in [4.78, 5) is 4.39. The fourth-order valence-corrected chi connectivity index (χ4v) is 2.40. The lowest BCUT2D eigenvalue weighted by molar-refractivity contribution is 0.0790. The first-order valence-corrected chi connectivity index (χ1v) is 7.22. The van der Waals surface area contributed by atoms with Crippen molar-refractivity contribution >= 4 is 0 Å². The van der Waals surface area contributed by atoms with Gasteiger partial charge in [0, 0.05) is 18.1 Å². The summed E-state index contributed by atoms with van der Waals surface area (Å²) >= 11 is 0. The van der Waals surface area contributed by atoms with Crippen LogP contribution in [0.5, 0.6) is 0 Å². The lowest BCUT2D eigenvalue weighted by atomic mass is 9.94. The maximum absolute atomic E-state index is 5.86.